The molecule has 0 bridgehead atoms. The van der Waals surface area contributed by atoms with Crippen molar-refractivity contribution in [2.75, 3.05) is 12.8 Å². The van der Waals surface area contributed by atoms with Gasteiger partial charge in [-0.25, -0.2) is 8.42 Å². The third-order valence-electron chi connectivity index (χ3n) is 4.20. The van der Waals surface area contributed by atoms with E-state index in [9.17, 15) is 22.8 Å². The van der Waals surface area contributed by atoms with Gasteiger partial charge in [0, 0.05) is 25.6 Å². The largest absolute Gasteiger partial charge is 0.316 e. The molecule has 1 aliphatic heterocycles. The van der Waals surface area contributed by atoms with Crippen molar-refractivity contribution in [1.29, 1.82) is 0 Å². The minimum atomic E-state index is -3.34. The maximum absolute atomic E-state index is 12.3. The summed E-state index contributed by atoms with van der Waals surface area (Å²) in [7, 11) is -3.34. The standard InChI is InChI=1S/C17H19N3O5S2/c1-3-8-19-12-5-4-11(27(2,24)25)9-13(12)26-17(19)18-14(21)10-20-15(22)6-7-16(20)23/h4-5,9H,3,6-8,10H2,1-2H3. The first-order chi connectivity index (χ1) is 12.7. The molecular formula is C17H19N3O5S2. The van der Waals surface area contributed by atoms with E-state index < -0.39 is 15.7 Å². The van der Waals surface area contributed by atoms with E-state index in [4.69, 9.17) is 0 Å². The van der Waals surface area contributed by atoms with Crippen LogP contribution in [0.2, 0.25) is 0 Å². The molecule has 0 N–H and O–H groups in total. The molecule has 1 aromatic heterocycles. The molecule has 0 saturated carbocycles. The maximum Gasteiger partial charge on any atom is 0.268 e. The second-order valence-electron chi connectivity index (χ2n) is 6.32. The van der Waals surface area contributed by atoms with Crippen molar-refractivity contribution in [2.24, 2.45) is 4.99 Å². The van der Waals surface area contributed by atoms with Gasteiger partial charge in [-0.3, -0.25) is 19.3 Å². The number of rotatable bonds is 5. The monoisotopic (exact) mass is 409 g/mol. The minimum absolute atomic E-state index is 0.124. The lowest BCUT2D eigenvalue weighted by Crippen LogP contribution is -2.34. The first-order valence-electron chi connectivity index (χ1n) is 8.45. The van der Waals surface area contributed by atoms with Crippen LogP contribution in [-0.2, 0) is 30.8 Å². The second kappa shape index (κ2) is 7.35. The zero-order chi connectivity index (χ0) is 19.8. The zero-order valence-electron chi connectivity index (χ0n) is 15.0. The number of carbonyl (C=O) groups is 3. The molecule has 1 aliphatic rings. The van der Waals surface area contributed by atoms with Crippen LogP contribution in [0.4, 0.5) is 0 Å². The van der Waals surface area contributed by atoms with Crippen LogP contribution in [0.25, 0.3) is 10.2 Å². The summed E-state index contributed by atoms with van der Waals surface area (Å²) < 4.78 is 26.1. The molecule has 3 amide bonds. The van der Waals surface area contributed by atoms with Gasteiger partial charge < -0.3 is 4.57 Å². The van der Waals surface area contributed by atoms with E-state index in [1.807, 2.05) is 11.5 Å². The summed E-state index contributed by atoms with van der Waals surface area (Å²) in [5, 5.41) is 0. The number of fused-ring (bicyclic) bond motifs is 1. The molecule has 0 atom stereocenters. The fourth-order valence-corrected chi connectivity index (χ4v) is 4.72. The average molecular weight is 409 g/mol. The van der Waals surface area contributed by atoms with Crippen LogP contribution < -0.4 is 4.80 Å². The van der Waals surface area contributed by atoms with Gasteiger partial charge in [0.25, 0.3) is 5.91 Å². The number of thiazole rings is 1. The van der Waals surface area contributed by atoms with Gasteiger partial charge in [0.05, 0.1) is 15.1 Å². The number of amides is 3. The number of imide groups is 1. The van der Waals surface area contributed by atoms with Gasteiger partial charge in [0.15, 0.2) is 14.6 Å². The number of carbonyl (C=O) groups excluding carboxylic acids is 3. The molecule has 2 heterocycles. The summed E-state index contributed by atoms with van der Waals surface area (Å²) >= 11 is 1.20. The molecule has 1 aromatic carbocycles. The Hall–Kier alpha value is -2.33. The Morgan fingerprint density at radius 3 is 2.48 bits per heavy atom. The van der Waals surface area contributed by atoms with Crippen LogP contribution in [0.5, 0.6) is 0 Å². The van der Waals surface area contributed by atoms with Crippen LogP contribution in [0.1, 0.15) is 26.2 Å². The van der Waals surface area contributed by atoms with Crippen molar-refractivity contribution in [2.45, 2.75) is 37.6 Å². The van der Waals surface area contributed by atoms with Crippen molar-refractivity contribution in [3.63, 3.8) is 0 Å². The van der Waals surface area contributed by atoms with Crippen LogP contribution in [-0.4, -0.2) is 48.4 Å². The normalized spacial score (nSPS) is 15.9. The number of sulfone groups is 1. The van der Waals surface area contributed by atoms with Crippen molar-refractivity contribution in [3.05, 3.63) is 23.0 Å². The Labute approximate surface area is 160 Å². The Bertz CT molecular complexity index is 1100. The predicted molar refractivity (Wildman–Crippen MR) is 99.7 cm³/mol. The number of hydrogen-bond acceptors (Lipinski definition) is 6. The molecule has 1 saturated heterocycles. The van der Waals surface area contributed by atoms with Gasteiger partial charge in [0.1, 0.15) is 6.54 Å². The molecule has 27 heavy (non-hydrogen) atoms. The molecule has 0 aliphatic carbocycles. The van der Waals surface area contributed by atoms with Crippen molar-refractivity contribution >= 4 is 49.1 Å². The van der Waals surface area contributed by atoms with Crippen LogP contribution in [0.15, 0.2) is 28.1 Å². The van der Waals surface area contributed by atoms with Crippen molar-refractivity contribution in [3.8, 4) is 0 Å². The van der Waals surface area contributed by atoms with Gasteiger partial charge in [-0.2, -0.15) is 4.99 Å². The molecule has 0 radical (unpaired) electrons. The average Bonchev–Trinajstić information content (AvgIpc) is 3.08. The fraction of sp³-hybridized carbons (Fsp3) is 0.412. The van der Waals surface area contributed by atoms with E-state index >= 15 is 0 Å². The van der Waals surface area contributed by atoms with E-state index in [0.717, 1.165) is 23.1 Å². The first kappa shape index (κ1) is 19.4. The lowest BCUT2D eigenvalue weighted by molar-refractivity contribution is -0.141. The molecule has 10 heteroatoms. The molecule has 0 spiro atoms. The lowest BCUT2D eigenvalue weighted by Gasteiger charge is -2.10. The number of benzene rings is 1. The Morgan fingerprint density at radius 2 is 1.89 bits per heavy atom. The van der Waals surface area contributed by atoms with E-state index in [-0.39, 0.29) is 36.1 Å². The summed E-state index contributed by atoms with van der Waals surface area (Å²) in [6.07, 6.45) is 2.18. The second-order valence-corrected chi connectivity index (χ2v) is 9.34. The quantitative estimate of drug-likeness (QED) is 0.688. The van der Waals surface area contributed by atoms with E-state index in [2.05, 4.69) is 4.99 Å². The van der Waals surface area contributed by atoms with Gasteiger partial charge in [-0.05, 0) is 24.6 Å². The van der Waals surface area contributed by atoms with Crippen LogP contribution in [0.3, 0.4) is 0 Å². The highest BCUT2D eigenvalue weighted by molar-refractivity contribution is 7.90. The Balaban J connectivity index is 2.02. The third-order valence-corrected chi connectivity index (χ3v) is 6.35. The third kappa shape index (κ3) is 4.01. The molecule has 3 rings (SSSR count). The molecule has 2 aromatic rings. The van der Waals surface area contributed by atoms with Crippen LogP contribution >= 0.6 is 11.3 Å². The number of nitrogens with zero attached hydrogens (tertiary/aromatic N) is 3. The zero-order valence-corrected chi connectivity index (χ0v) is 16.6. The molecule has 8 nitrogen and oxygen atoms in total. The minimum Gasteiger partial charge on any atom is -0.316 e. The summed E-state index contributed by atoms with van der Waals surface area (Å²) in [4.78, 5) is 41.3. The van der Waals surface area contributed by atoms with E-state index in [1.54, 1.807) is 12.1 Å². The van der Waals surface area contributed by atoms with Gasteiger partial charge in [-0.1, -0.05) is 18.3 Å². The highest BCUT2D eigenvalue weighted by Gasteiger charge is 2.30. The summed E-state index contributed by atoms with van der Waals surface area (Å²) in [6, 6.07) is 4.80. The number of aryl methyl sites for hydroxylation is 1. The van der Waals surface area contributed by atoms with E-state index in [0.29, 0.717) is 16.0 Å². The highest BCUT2D eigenvalue weighted by atomic mass is 32.2. The highest BCUT2D eigenvalue weighted by Crippen LogP contribution is 2.22. The molecule has 0 unspecified atom stereocenters. The van der Waals surface area contributed by atoms with Crippen molar-refractivity contribution in [1.82, 2.24) is 9.47 Å². The van der Waals surface area contributed by atoms with Gasteiger partial charge in [-0.15, -0.1) is 0 Å². The number of hydrogen-bond donors (Lipinski definition) is 0. The Kier molecular flexibility index (Phi) is 5.29. The van der Waals surface area contributed by atoms with Crippen LogP contribution in [0, 0.1) is 0 Å². The number of aromatic nitrogens is 1. The maximum atomic E-state index is 12.3. The predicted octanol–water partition coefficient (Wildman–Crippen LogP) is 1.09. The summed E-state index contributed by atoms with van der Waals surface area (Å²) in [6.45, 7) is 2.22. The summed E-state index contributed by atoms with van der Waals surface area (Å²) in [5.41, 5.74) is 0.786. The fourth-order valence-electron chi connectivity index (χ4n) is 2.89. The first-order valence-corrected chi connectivity index (χ1v) is 11.2. The van der Waals surface area contributed by atoms with E-state index in [1.165, 1.54) is 17.4 Å². The Morgan fingerprint density at radius 1 is 1.22 bits per heavy atom. The SMILES string of the molecule is CCCn1c(=NC(=O)CN2C(=O)CCC2=O)sc2cc(S(C)(=O)=O)ccc21. The molecule has 1 fully saturated rings. The number of likely N-dealkylation sites (tertiary alicyclic amines) is 1. The molecular weight excluding hydrogens is 390 g/mol. The van der Waals surface area contributed by atoms with Gasteiger partial charge in [0.2, 0.25) is 11.8 Å². The van der Waals surface area contributed by atoms with Crippen molar-refractivity contribution < 1.29 is 22.8 Å². The lowest BCUT2D eigenvalue weighted by atomic mass is 10.3. The summed E-state index contributed by atoms with van der Waals surface area (Å²) in [5.74, 6) is -1.31. The van der Waals surface area contributed by atoms with Gasteiger partial charge >= 0.3 is 0 Å². The molecule has 144 valence electrons. The topological polar surface area (TPSA) is 106 Å². The smallest absolute Gasteiger partial charge is 0.268 e.